The Bertz CT molecular complexity index is 1180. The van der Waals surface area contributed by atoms with Crippen molar-refractivity contribution in [3.8, 4) is 11.5 Å². The van der Waals surface area contributed by atoms with Gasteiger partial charge in [0.05, 0.1) is 6.67 Å². The first kappa shape index (κ1) is 23.4. The standard InChI is InChI=1S/C26H30FN5O3/c1-17(13-14-27)26(33)32(15-4-2-3-8-22-29-30-25(34-22)19-11-12-19)21-7-5-6-20(16-21)24-28-23(31-35-24)18-9-10-18/h5-7,16,18-19H,1-4,8-15H2. The van der Waals surface area contributed by atoms with Crippen LogP contribution in [0.2, 0.25) is 0 Å². The second kappa shape index (κ2) is 10.5. The zero-order valence-corrected chi connectivity index (χ0v) is 19.8. The molecule has 0 radical (unpaired) electrons. The maximum atomic E-state index is 13.1. The Hall–Kier alpha value is -3.36. The monoisotopic (exact) mass is 479 g/mol. The molecule has 3 aromatic rings. The highest BCUT2D eigenvalue weighted by Gasteiger charge is 2.30. The van der Waals surface area contributed by atoms with Crippen molar-refractivity contribution in [1.82, 2.24) is 20.3 Å². The normalized spacial score (nSPS) is 15.3. The van der Waals surface area contributed by atoms with E-state index in [1.54, 1.807) is 4.90 Å². The van der Waals surface area contributed by atoms with E-state index in [9.17, 15) is 9.18 Å². The second-order valence-corrected chi connectivity index (χ2v) is 9.40. The fourth-order valence-electron chi connectivity index (χ4n) is 4.01. The zero-order valence-electron chi connectivity index (χ0n) is 19.8. The average molecular weight is 480 g/mol. The number of aromatic nitrogens is 4. The summed E-state index contributed by atoms with van der Waals surface area (Å²) in [5.41, 5.74) is 1.70. The van der Waals surface area contributed by atoms with Gasteiger partial charge in [0.25, 0.3) is 11.8 Å². The predicted molar refractivity (Wildman–Crippen MR) is 128 cm³/mol. The first-order valence-electron chi connectivity index (χ1n) is 12.4. The molecular formula is C26H30FN5O3. The fraction of sp³-hybridized carbons (Fsp3) is 0.500. The lowest BCUT2D eigenvalue weighted by Crippen LogP contribution is -2.33. The van der Waals surface area contributed by atoms with Crippen LogP contribution in [-0.4, -0.2) is 39.5 Å². The number of nitrogens with zero attached hydrogens (tertiary/aromatic N) is 5. The highest BCUT2D eigenvalue weighted by Crippen LogP contribution is 2.39. The molecule has 184 valence electrons. The molecule has 2 saturated carbocycles. The molecule has 2 aliphatic carbocycles. The highest BCUT2D eigenvalue weighted by molar-refractivity contribution is 6.05. The molecule has 0 N–H and O–H groups in total. The largest absolute Gasteiger partial charge is 0.425 e. The summed E-state index contributed by atoms with van der Waals surface area (Å²) in [6, 6.07) is 7.46. The van der Waals surface area contributed by atoms with Gasteiger partial charge in [-0.25, -0.2) is 0 Å². The number of rotatable bonds is 13. The summed E-state index contributed by atoms with van der Waals surface area (Å²) in [5, 5.41) is 12.3. The SMILES string of the molecule is C=C(CCF)C(=O)N(CCCCCc1nnc(C2CC2)o1)c1cccc(-c2nc(C3CC3)no2)c1. The van der Waals surface area contributed by atoms with Crippen LogP contribution in [0.25, 0.3) is 11.5 Å². The minimum atomic E-state index is -0.614. The third kappa shape index (κ3) is 5.83. The number of halogens is 1. The van der Waals surface area contributed by atoms with Gasteiger partial charge in [0, 0.05) is 48.0 Å². The molecule has 0 spiro atoms. The molecule has 2 aliphatic rings. The van der Waals surface area contributed by atoms with Crippen LogP contribution in [0.1, 0.15) is 80.8 Å². The minimum Gasteiger partial charge on any atom is -0.425 e. The molecule has 0 saturated heterocycles. The van der Waals surface area contributed by atoms with E-state index < -0.39 is 6.67 Å². The number of carbonyl (C=O) groups is 1. The first-order valence-corrected chi connectivity index (χ1v) is 12.4. The van der Waals surface area contributed by atoms with Gasteiger partial charge in [-0.2, -0.15) is 4.98 Å². The topological polar surface area (TPSA) is 98.2 Å². The molecule has 35 heavy (non-hydrogen) atoms. The van der Waals surface area contributed by atoms with Crippen LogP contribution in [0.3, 0.4) is 0 Å². The molecule has 0 aliphatic heterocycles. The van der Waals surface area contributed by atoms with Gasteiger partial charge in [-0.05, 0) is 56.7 Å². The summed E-state index contributed by atoms with van der Waals surface area (Å²) in [4.78, 5) is 19.3. The summed E-state index contributed by atoms with van der Waals surface area (Å²) in [5.74, 6) is 3.19. The number of unbranched alkanes of at least 4 members (excludes halogenated alkanes) is 2. The Morgan fingerprint density at radius 2 is 1.94 bits per heavy atom. The summed E-state index contributed by atoms with van der Waals surface area (Å²) in [6.07, 6.45) is 7.72. The quantitative estimate of drug-likeness (QED) is 0.235. The van der Waals surface area contributed by atoms with Crippen LogP contribution in [0.15, 0.2) is 45.4 Å². The van der Waals surface area contributed by atoms with Crippen molar-refractivity contribution in [2.24, 2.45) is 0 Å². The molecule has 0 atom stereocenters. The molecule has 1 amide bonds. The summed E-state index contributed by atoms with van der Waals surface area (Å²) in [7, 11) is 0. The maximum Gasteiger partial charge on any atom is 0.258 e. The third-order valence-electron chi connectivity index (χ3n) is 6.41. The Morgan fingerprint density at radius 3 is 2.71 bits per heavy atom. The van der Waals surface area contributed by atoms with E-state index in [-0.39, 0.29) is 17.9 Å². The van der Waals surface area contributed by atoms with Gasteiger partial charge < -0.3 is 13.8 Å². The number of alkyl halides is 1. The number of hydrogen-bond donors (Lipinski definition) is 0. The Balaban J connectivity index is 1.22. The van der Waals surface area contributed by atoms with Crippen molar-refractivity contribution in [3.05, 3.63) is 54.0 Å². The third-order valence-corrected chi connectivity index (χ3v) is 6.41. The molecule has 2 fully saturated rings. The summed E-state index contributed by atoms with van der Waals surface area (Å²) >= 11 is 0. The maximum absolute atomic E-state index is 13.1. The second-order valence-electron chi connectivity index (χ2n) is 9.40. The number of hydrogen-bond acceptors (Lipinski definition) is 7. The molecule has 0 bridgehead atoms. The van der Waals surface area contributed by atoms with Crippen LogP contribution < -0.4 is 4.90 Å². The fourth-order valence-corrected chi connectivity index (χ4v) is 4.01. The van der Waals surface area contributed by atoms with E-state index in [2.05, 4.69) is 26.9 Å². The van der Waals surface area contributed by atoms with E-state index in [1.165, 1.54) is 0 Å². The van der Waals surface area contributed by atoms with Crippen molar-refractivity contribution >= 4 is 11.6 Å². The molecule has 5 rings (SSSR count). The molecule has 1 aromatic carbocycles. The predicted octanol–water partition coefficient (Wildman–Crippen LogP) is 5.54. The Kier molecular flexibility index (Phi) is 7.01. The van der Waals surface area contributed by atoms with Gasteiger partial charge in [-0.1, -0.05) is 24.2 Å². The lowest BCUT2D eigenvalue weighted by molar-refractivity contribution is -0.115. The Labute approximate surface area is 203 Å². The van der Waals surface area contributed by atoms with Crippen LogP contribution in [0, 0.1) is 0 Å². The van der Waals surface area contributed by atoms with Crippen LogP contribution in [0.4, 0.5) is 10.1 Å². The molecule has 2 heterocycles. The van der Waals surface area contributed by atoms with E-state index >= 15 is 0 Å². The zero-order chi connectivity index (χ0) is 24.2. The van der Waals surface area contributed by atoms with E-state index in [4.69, 9.17) is 8.94 Å². The van der Waals surface area contributed by atoms with Gasteiger partial charge in [-0.3, -0.25) is 9.18 Å². The average Bonchev–Trinajstić information content (AvgIpc) is 3.81. The Morgan fingerprint density at radius 1 is 1.11 bits per heavy atom. The van der Waals surface area contributed by atoms with Crippen molar-refractivity contribution in [3.63, 3.8) is 0 Å². The summed E-state index contributed by atoms with van der Waals surface area (Å²) in [6.45, 7) is 3.68. The van der Waals surface area contributed by atoms with Crippen LogP contribution in [0.5, 0.6) is 0 Å². The van der Waals surface area contributed by atoms with E-state index in [0.717, 1.165) is 68.6 Å². The van der Waals surface area contributed by atoms with Crippen LogP contribution in [-0.2, 0) is 11.2 Å². The van der Waals surface area contributed by atoms with E-state index in [1.807, 2.05) is 24.3 Å². The van der Waals surface area contributed by atoms with Gasteiger partial charge in [0.2, 0.25) is 11.8 Å². The first-order chi connectivity index (χ1) is 17.1. The number of benzene rings is 1. The van der Waals surface area contributed by atoms with Crippen molar-refractivity contribution in [2.45, 2.75) is 69.6 Å². The number of amides is 1. The number of anilines is 1. The van der Waals surface area contributed by atoms with Crippen molar-refractivity contribution < 1.29 is 18.1 Å². The van der Waals surface area contributed by atoms with E-state index in [0.29, 0.717) is 35.8 Å². The minimum absolute atomic E-state index is 0.0178. The van der Waals surface area contributed by atoms with Gasteiger partial charge in [0.15, 0.2) is 5.82 Å². The molecule has 9 heteroatoms. The molecular weight excluding hydrogens is 449 g/mol. The van der Waals surface area contributed by atoms with Crippen molar-refractivity contribution in [1.29, 1.82) is 0 Å². The number of carbonyl (C=O) groups excluding carboxylic acids is 1. The number of aryl methyl sites for hydroxylation is 1. The van der Waals surface area contributed by atoms with Gasteiger partial charge in [-0.15, -0.1) is 10.2 Å². The lowest BCUT2D eigenvalue weighted by atomic mass is 10.1. The van der Waals surface area contributed by atoms with Crippen LogP contribution >= 0.6 is 0 Å². The highest BCUT2D eigenvalue weighted by atomic mass is 19.1. The molecule has 8 nitrogen and oxygen atoms in total. The molecule has 0 unspecified atom stereocenters. The molecule has 2 aromatic heterocycles. The summed E-state index contributed by atoms with van der Waals surface area (Å²) < 4.78 is 24.1. The lowest BCUT2D eigenvalue weighted by Gasteiger charge is -2.24. The van der Waals surface area contributed by atoms with Gasteiger partial charge in [0.1, 0.15) is 0 Å². The van der Waals surface area contributed by atoms with Gasteiger partial charge >= 0.3 is 0 Å². The smallest absolute Gasteiger partial charge is 0.258 e. The van der Waals surface area contributed by atoms with Crippen molar-refractivity contribution in [2.75, 3.05) is 18.1 Å².